The molecule has 0 spiro atoms. The first-order valence-electron chi connectivity index (χ1n) is 5.78. The summed E-state index contributed by atoms with van der Waals surface area (Å²) in [5, 5.41) is 0. The number of hydrogen-bond donors (Lipinski definition) is 1. The number of nitrogen functional groups attached to an aromatic ring is 1. The molecule has 0 unspecified atom stereocenters. The lowest BCUT2D eigenvalue weighted by molar-refractivity contribution is 0.0600. The number of carbonyl (C=O) groups is 1. The van der Waals surface area contributed by atoms with E-state index in [0.717, 1.165) is 11.1 Å². The molecule has 4 heteroatoms. The van der Waals surface area contributed by atoms with Gasteiger partial charge in [0.2, 0.25) is 0 Å². The minimum Gasteiger partial charge on any atom is -0.495 e. The average molecular weight is 257 g/mol. The van der Waals surface area contributed by atoms with Crippen molar-refractivity contribution < 1.29 is 14.3 Å². The smallest absolute Gasteiger partial charge is 0.338 e. The molecule has 19 heavy (non-hydrogen) atoms. The summed E-state index contributed by atoms with van der Waals surface area (Å²) in [5.41, 5.74) is 8.64. The number of hydrogen-bond acceptors (Lipinski definition) is 4. The zero-order chi connectivity index (χ0) is 13.8. The number of anilines is 1. The second-order valence-corrected chi connectivity index (χ2v) is 4.00. The predicted molar refractivity (Wildman–Crippen MR) is 74.2 cm³/mol. The maximum absolute atomic E-state index is 11.7. The topological polar surface area (TPSA) is 61.5 Å². The van der Waals surface area contributed by atoms with Crippen molar-refractivity contribution in [1.29, 1.82) is 0 Å². The second kappa shape index (κ2) is 5.44. The maximum Gasteiger partial charge on any atom is 0.338 e. The predicted octanol–water partition coefficient (Wildman–Crippen LogP) is 2.73. The van der Waals surface area contributed by atoms with Crippen molar-refractivity contribution in [1.82, 2.24) is 0 Å². The maximum atomic E-state index is 11.7. The molecule has 0 saturated heterocycles. The third kappa shape index (κ3) is 2.52. The fourth-order valence-electron chi connectivity index (χ4n) is 1.89. The second-order valence-electron chi connectivity index (χ2n) is 4.00. The molecule has 4 nitrogen and oxygen atoms in total. The highest BCUT2D eigenvalue weighted by Gasteiger charge is 2.14. The molecule has 0 amide bonds. The Morgan fingerprint density at radius 2 is 1.79 bits per heavy atom. The normalized spacial score (nSPS) is 10.0. The van der Waals surface area contributed by atoms with Gasteiger partial charge in [0, 0.05) is 5.56 Å². The molecule has 0 atom stereocenters. The summed E-state index contributed by atoms with van der Waals surface area (Å²) in [4.78, 5) is 11.7. The van der Waals surface area contributed by atoms with Crippen LogP contribution in [0.2, 0.25) is 0 Å². The largest absolute Gasteiger partial charge is 0.495 e. The molecule has 0 fully saturated rings. The molecule has 0 saturated carbocycles. The van der Waals surface area contributed by atoms with Crippen LogP contribution < -0.4 is 10.5 Å². The zero-order valence-electron chi connectivity index (χ0n) is 10.8. The van der Waals surface area contributed by atoms with Gasteiger partial charge in [0.05, 0.1) is 25.5 Å². The fraction of sp³-hybridized carbons (Fsp3) is 0.133. The molecule has 0 radical (unpaired) electrons. The van der Waals surface area contributed by atoms with Crippen LogP contribution in [-0.2, 0) is 4.74 Å². The zero-order valence-corrected chi connectivity index (χ0v) is 10.8. The van der Waals surface area contributed by atoms with Crippen LogP contribution in [0, 0.1) is 0 Å². The van der Waals surface area contributed by atoms with Gasteiger partial charge in [0.15, 0.2) is 0 Å². The lowest BCUT2D eigenvalue weighted by Gasteiger charge is -2.12. The van der Waals surface area contributed by atoms with E-state index in [4.69, 9.17) is 15.2 Å². The number of nitrogens with two attached hydrogens (primary N) is 1. The highest BCUT2D eigenvalue weighted by molar-refractivity contribution is 5.94. The summed E-state index contributed by atoms with van der Waals surface area (Å²) >= 11 is 0. The van der Waals surface area contributed by atoms with Gasteiger partial charge in [0.1, 0.15) is 5.75 Å². The summed E-state index contributed by atoms with van der Waals surface area (Å²) in [6.45, 7) is 0. The summed E-state index contributed by atoms with van der Waals surface area (Å²) < 4.78 is 9.94. The van der Waals surface area contributed by atoms with Gasteiger partial charge >= 0.3 is 5.97 Å². The number of carbonyl (C=O) groups excluding carboxylic acids is 1. The van der Waals surface area contributed by atoms with E-state index >= 15 is 0 Å². The first kappa shape index (κ1) is 13.0. The van der Waals surface area contributed by atoms with Crippen molar-refractivity contribution in [2.24, 2.45) is 0 Å². The van der Waals surface area contributed by atoms with Crippen molar-refractivity contribution in [2.45, 2.75) is 0 Å². The number of rotatable bonds is 3. The monoisotopic (exact) mass is 257 g/mol. The molecule has 2 rings (SSSR count). The van der Waals surface area contributed by atoms with Crippen LogP contribution in [0.15, 0.2) is 42.5 Å². The van der Waals surface area contributed by atoms with Crippen molar-refractivity contribution in [3.8, 4) is 16.9 Å². The van der Waals surface area contributed by atoms with E-state index in [0.29, 0.717) is 17.0 Å². The Balaban J connectivity index is 2.62. The summed E-state index contributed by atoms with van der Waals surface area (Å²) in [6, 6.07) is 12.9. The van der Waals surface area contributed by atoms with Gasteiger partial charge in [-0.3, -0.25) is 0 Å². The van der Waals surface area contributed by atoms with E-state index in [1.54, 1.807) is 12.1 Å². The average Bonchev–Trinajstić information content (AvgIpc) is 2.47. The lowest BCUT2D eigenvalue weighted by Crippen LogP contribution is -2.04. The van der Waals surface area contributed by atoms with E-state index in [9.17, 15) is 4.79 Å². The molecule has 0 bridgehead atoms. The molecule has 2 aromatic rings. The number of ether oxygens (including phenoxy) is 2. The third-order valence-electron chi connectivity index (χ3n) is 2.87. The van der Waals surface area contributed by atoms with Gasteiger partial charge in [-0.05, 0) is 17.7 Å². The quantitative estimate of drug-likeness (QED) is 0.678. The SMILES string of the molecule is COC(=O)c1cc(OC)c(N)c(-c2ccccc2)c1. The van der Waals surface area contributed by atoms with E-state index in [1.807, 2.05) is 30.3 Å². The standard InChI is InChI=1S/C15H15NO3/c1-18-13-9-11(15(17)19-2)8-12(14(13)16)10-6-4-3-5-7-10/h3-9H,16H2,1-2H3. The molecule has 2 aromatic carbocycles. The Kier molecular flexibility index (Phi) is 3.71. The van der Waals surface area contributed by atoms with Crippen molar-refractivity contribution in [3.05, 3.63) is 48.0 Å². The first-order chi connectivity index (χ1) is 9.17. The molecule has 2 N–H and O–H groups in total. The number of benzene rings is 2. The molecule has 0 aliphatic rings. The van der Waals surface area contributed by atoms with Gasteiger partial charge in [-0.25, -0.2) is 4.79 Å². The van der Waals surface area contributed by atoms with Crippen molar-refractivity contribution >= 4 is 11.7 Å². The van der Waals surface area contributed by atoms with Crippen LogP contribution in [0.3, 0.4) is 0 Å². The van der Waals surface area contributed by atoms with E-state index < -0.39 is 5.97 Å². The van der Waals surface area contributed by atoms with Crippen molar-refractivity contribution in [2.75, 3.05) is 20.0 Å². The lowest BCUT2D eigenvalue weighted by atomic mass is 10.0. The molecule has 0 aliphatic carbocycles. The van der Waals surface area contributed by atoms with E-state index in [-0.39, 0.29) is 0 Å². The number of esters is 1. The van der Waals surface area contributed by atoms with E-state index in [2.05, 4.69) is 0 Å². The third-order valence-corrected chi connectivity index (χ3v) is 2.87. The molecule has 98 valence electrons. The Bertz CT molecular complexity index is 594. The van der Waals surface area contributed by atoms with Crippen LogP contribution in [0.1, 0.15) is 10.4 Å². The van der Waals surface area contributed by atoms with Gasteiger partial charge in [-0.2, -0.15) is 0 Å². The minimum absolute atomic E-state index is 0.410. The van der Waals surface area contributed by atoms with Gasteiger partial charge in [0.25, 0.3) is 0 Å². The summed E-state index contributed by atoms with van der Waals surface area (Å²) in [7, 11) is 2.86. The highest BCUT2D eigenvalue weighted by Crippen LogP contribution is 2.34. The van der Waals surface area contributed by atoms with Crippen molar-refractivity contribution in [3.63, 3.8) is 0 Å². The first-order valence-corrected chi connectivity index (χ1v) is 5.78. The molecular weight excluding hydrogens is 242 g/mol. The Labute approximate surface area is 111 Å². The summed E-state index contributed by atoms with van der Waals surface area (Å²) in [5.74, 6) is 0.0391. The Morgan fingerprint density at radius 3 is 2.37 bits per heavy atom. The molecule has 0 heterocycles. The van der Waals surface area contributed by atoms with Crippen LogP contribution in [0.4, 0.5) is 5.69 Å². The van der Waals surface area contributed by atoms with Gasteiger partial charge < -0.3 is 15.2 Å². The van der Waals surface area contributed by atoms with Crippen LogP contribution in [0.25, 0.3) is 11.1 Å². The van der Waals surface area contributed by atoms with Crippen LogP contribution in [-0.4, -0.2) is 20.2 Å². The fourth-order valence-corrected chi connectivity index (χ4v) is 1.89. The Hall–Kier alpha value is -2.49. The molecule has 0 aliphatic heterocycles. The summed E-state index contributed by atoms with van der Waals surface area (Å²) in [6.07, 6.45) is 0. The van der Waals surface area contributed by atoms with Gasteiger partial charge in [-0.15, -0.1) is 0 Å². The van der Waals surface area contributed by atoms with Gasteiger partial charge in [-0.1, -0.05) is 30.3 Å². The Morgan fingerprint density at radius 1 is 1.11 bits per heavy atom. The molecule has 0 aromatic heterocycles. The number of methoxy groups -OCH3 is 2. The molecular formula is C15H15NO3. The van der Waals surface area contributed by atoms with Crippen LogP contribution in [0.5, 0.6) is 5.75 Å². The van der Waals surface area contributed by atoms with Crippen LogP contribution >= 0.6 is 0 Å². The van der Waals surface area contributed by atoms with E-state index in [1.165, 1.54) is 14.2 Å². The highest BCUT2D eigenvalue weighted by atomic mass is 16.5. The minimum atomic E-state index is -0.421.